The number of anilines is 2. The van der Waals surface area contributed by atoms with Gasteiger partial charge in [-0.15, -0.1) is 0 Å². The largest absolute Gasteiger partial charge is 0.486 e. The summed E-state index contributed by atoms with van der Waals surface area (Å²) in [5.41, 5.74) is 1.45. The summed E-state index contributed by atoms with van der Waals surface area (Å²) < 4.78 is 23.0. The number of hydrogen-bond acceptors (Lipinski definition) is 16. The summed E-state index contributed by atoms with van der Waals surface area (Å²) in [6.45, 7) is 13.8. The molecule has 0 spiro atoms. The van der Waals surface area contributed by atoms with Crippen LogP contribution >= 0.6 is 0 Å². The number of carbonyl (C=O) groups is 2. The molecule has 2 saturated heterocycles. The van der Waals surface area contributed by atoms with Gasteiger partial charge in [-0.2, -0.15) is 20.7 Å². The van der Waals surface area contributed by atoms with Crippen LogP contribution in [0.4, 0.5) is 11.6 Å². The molecule has 0 bridgehead atoms. The molecule has 2 amide bonds. The molecule has 64 heavy (non-hydrogen) atoms. The van der Waals surface area contributed by atoms with E-state index in [1.54, 1.807) is 38.4 Å². The quantitative estimate of drug-likeness (QED) is 0.136. The lowest BCUT2D eigenvalue weighted by molar-refractivity contribution is -0.133. The van der Waals surface area contributed by atoms with Gasteiger partial charge >= 0.3 is 0 Å². The number of aromatic nitrogens is 6. The monoisotopic (exact) mass is 880 g/mol. The van der Waals surface area contributed by atoms with Gasteiger partial charge in [-0.05, 0) is 51.0 Å². The van der Waals surface area contributed by atoms with Crippen molar-refractivity contribution in [2.45, 2.75) is 65.6 Å². The second-order valence-electron chi connectivity index (χ2n) is 15.1. The van der Waals surface area contributed by atoms with E-state index < -0.39 is 0 Å². The minimum atomic E-state index is -0.279. The molecule has 0 aliphatic carbocycles. The van der Waals surface area contributed by atoms with Crippen LogP contribution in [0.1, 0.15) is 61.8 Å². The summed E-state index contributed by atoms with van der Waals surface area (Å²) in [6.07, 6.45) is 7.64. The summed E-state index contributed by atoms with van der Waals surface area (Å²) >= 11 is 0. The van der Waals surface area contributed by atoms with Gasteiger partial charge < -0.3 is 38.5 Å². The fourth-order valence-electron chi connectivity index (χ4n) is 6.66. The number of ether oxygens (including phenoxy) is 4. The Bertz CT molecular complexity index is 2150. The average molecular weight is 881 g/mol. The van der Waals surface area contributed by atoms with Crippen molar-refractivity contribution < 1.29 is 28.5 Å². The van der Waals surface area contributed by atoms with Gasteiger partial charge in [0.1, 0.15) is 47.5 Å². The molecule has 2 aliphatic heterocycles. The number of H-pyrrole nitrogens is 2. The average Bonchev–Trinajstić information content (AvgIpc) is 3.33. The highest BCUT2D eigenvalue weighted by atomic mass is 16.5. The summed E-state index contributed by atoms with van der Waals surface area (Å²) in [5, 5.41) is 30.0. The van der Waals surface area contributed by atoms with Crippen LogP contribution in [0.25, 0.3) is 0 Å². The molecule has 0 unspecified atom stereocenters. The lowest BCUT2D eigenvalue weighted by Crippen LogP contribution is -2.49. The Balaban J connectivity index is 0.000000241. The molecular formula is C44H56N12O8. The number of nitriles is 2. The first-order valence-electron chi connectivity index (χ1n) is 21.4. The number of amides is 2. The minimum absolute atomic E-state index is 0.0565. The van der Waals surface area contributed by atoms with E-state index >= 15 is 0 Å². The summed E-state index contributed by atoms with van der Waals surface area (Å²) in [5.74, 6) is 2.62. The zero-order valence-electron chi connectivity index (χ0n) is 36.8. The summed E-state index contributed by atoms with van der Waals surface area (Å²) in [7, 11) is 0. The highest BCUT2D eigenvalue weighted by Gasteiger charge is 2.24. The number of aromatic amines is 2. The van der Waals surface area contributed by atoms with Crippen molar-refractivity contribution in [2.75, 3.05) is 88.6 Å². The van der Waals surface area contributed by atoms with Crippen molar-refractivity contribution in [3.63, 3.8) is 0 Å². The van der Waals surface area contributed by atoms with E-state index in [1.165, 1.54) is 12.4 Å². The lowest BCUT2D eigenvalue weighted by atomic mass is 10.2. The molecule has 20 heteroatoms. The van der Waals surface area contributed by atoms with Gasteiger partial charge in [0.15, 0.2) is 0 Å². The van der Waals surface area contributed by atoms with Crippen molar-refractivity contribution in [2.24, 2.45) is 0 Å². The Labute approximate surface area is 371 Å². The van der Waals surface area contributed by atoms with Gasteiger partial charge in [0, 0.05) is 64.8 Å². The van der Waals surface area contributed by atoms with Crippen LogP contribution in [0.5, 0.6) is 11.5 Å². The van der Waals surface area contributed by atoms with Gasteiger partial charge in [-0.3, -0.25) is 19.2 Å². The molecule has 0 aromatic carbocycles. The first-order chi connectivity index (χ1) is 31.0. The standard InChI is InChI=1S/2C22H28N6O4/c2*1-3-18(32-19-14-25-26-22(30)16(19)2)15-31-11-6-21(29)28-9-7-27(8-10-28)20-5-4-17(12-23)13-24-20/h2*4-5,13-14,18H,3,6-11,15H2,1-2H3,(H,26,30)/t2*18-/m10/s1. The summed E-state index contributed by atoms with van der Waals surface area (Å²) in [4.78, 5) is 64.8. The SMILES string of the molecule is CC[C@@H](COCCC(=O)N1CCN(c2ccc(C#N)cn2)CC1)Oc1cn[nH]c(=O)c1C.CC[C@H](COCCC(=O)N1CCN(c2ccc(C#N)cn2)CC1)Oc1cn[nH]c(=O)c1C. The third-order valence-corrected chi connectivity index (χ3v) is 10.8. The minimum Gasteiger partial charge on any atom is -0.486 e. The smallest absolute Gasteiger partial charge is 0.270 e. The first-order valence-corrected chi connectivity index (χ1v) is 21.4. The van der Waals surface area contributed by atoms with E-state index in [4.69, 9.17) is 29.5 Å². The molecule has 20 nitrogen and oxygen atoms in total. The van der Waals surface area contributed by atoms with E-state index in [1.807, 2.05) is 35.8 Å². The van der Waals surface area contributed by atoms with E-state index in [0.717, 1.165) is 11.6 Å². The second-order valence-corrected chi connectivity index (χ2v) is 15.1. The molecule has 2 N–H and O–H groups in total. The molecule has 2 fully saturated rings. The Morgan fingerprint density at radius 2 is 1.03 bits per heavy atom. The molecule has 0 saturated carbocycles. The van der Waals surface area contributed by atoms with E-state index in [2.05, 4.69) is 52.3 Å². The number of nitrogens with one attached hydrogen (secondary N) is 2. The van der Waals surface area contributed by atoms with Crippen LogP contribution in [0.2, 0.25) is 0 Å². The van der Waals surface area contributed by atoms with E-state index in [-0.39, 0.29) is 35.1 Å². The topological polar surface area (TPSA) is 249 Å². The van der Waals surface area contributed by atoms with Gasteiger partial charge in [-0.25, -0.2) is 20.2 Å². The van der Waals surface area contributed by atoms with Crippen LogP contribution in [0.15, 0.2) is 58.6 Å². The lowest BCUT2D eigenvalue weighted by Gasteiger charge is -2.35. The van der Waals surface area contributed by atoms with Gasteiger partial charge in [0.25, 0.3) is 11.1 Å². The molecule has 6 heterocycles. The molecule has 2 aliphatic rings. The molecule has 6 rings (SSSR count). The number of pyridine rings is 2. The third kappa shape index (κ3) is 14.1. The van der Waals surface area contributed by atoms with E-state index in [9.17, 15) is 19.2 Å². The fraction of sp³-hybridized carbons (Fsp3) is 0.500. The molecule has 4 aromatic heterocycles. The van der Waals surface area contributed by atoms with Gasteiger partial charge in [-0.1, -0.05) is 13.8 Å². The Hall–Kier alpha value is -6.90. The van der Waals surface area contributed by atoms with Gasteiger partial charge in [0.2, 0.25) is 11.8 Å². The van der Waals surface area contributed by atoms with Crippen molar-refractivity contribution in [1.82, 2.24) is 40.2 Å². The van der Waals surface area contributed by atoms with Crippen LogP contribution < -0.4 is 30.4 Å². The molecule has 4 aromatic rings. The van der Waals surface area contributed by atoms with Crippen LogP contribution in [0.3, 0.4) is 0 Å². The Morgan fingerprint density at radius 3 is 1.36 bits per heavy atom. The van der Waals surface area contributed by atoms with E-state index in [0.29, 0.717) is 138 Å². The number of piperazine rings is 2. The van der Waals surface area contributed by atoms with Crippen molar-refractivity contribution in [3.8, 4) is 23.6 Å². The van der Waals surface area contributed by atoms with Crippen LogP contribution in [-0.4, -0.2) is 143 Å². The van der Waals surface area contributed by atoms with Gasteiger partial charge in [0.05, 0.1) is 73.9 Å². The van der Waals surface area contributed by atoms with Crippen molar-refractivity contribution >= 4 is 23.5 Å². The molecule has 0 radical (unpaired) electrons. The molecule has 340 valence electrons. The second kappa shape index (κ2) is 24.7. The maximum atomic E-state index is 12.5. The number of nitrogens with zero attached hydrogens (tertiary/aromatic N) is 10. The summed E-state index contributed by atoms with van der Waals surface area (Å²) in [6, 6.07) is 11.3. The van der Waals surface area contributed by atoms with Crippen molar-refractivity contribution in [3.05, 3.63) is 92.0 Å². The molecular weight excluding hydrogens is 825 g/mol. The maximum Gasteiger partial charge on any atom is 0.270 e. The highest BCUT2D eigenvalue weighted by Crippen LogP contribution is 2.18. The fourth-order valence-corrected chi connectivity index (χ4v) is 6.66. The third-order valence-electron chi connectivity index (χ3n) is 10.8. The van der Waals surface area contributed by atoms with Crippen LogP contribution in [0, 0.1) is 36.5 Å². The van der Waals surface area contributed by atoms with Crippen LogP contribution in [-0.2, 0) is 19.1 Å². The predicted octanol–water partition coefficient (Wildman–Crippen LogP) is 2.52. The first kappa shape index (κ1) is 48.1. The highest BCUT2D eigenvalue weighted by molar-refractivity contribution is 5.77. The zero-order valence-corrected chi connectivity index (χ0v) is 36.8. The number of rotatable bonds is 18. The number of carbonyl (C=O) groups excluding carboxylic acids is 2. The predicted molar refractivity (Wildman–Crippen MR) is 235 cm³/mol. The number of hydrogen-bond donors (Lipinski definition) is 2. The Kier molecular flexibility index (Phi) is 18.6. The normalized spacial score (nSPS) is 14.7. The zero-order chi connectivity index (χ0) is 45.8. The Morgan fingerprint density at radius 1 is 0.641 bits per heavy atom. The van der Waals surface area contributed by atoms with Crippen molar-refractivity contribution in [1.29, 1.82) is 10.5 Å². The maximum absolute atomic E-state index is 12.5. The molecule has 2 atom stereocenters.